The predicted octanol–water partition coefficient (Wildman–Crippen LogP) is 1.77. The lowest BCUT2D eigenvalue weighted by atomic mass is 10.0. The van der Waals surface area contributed by atoms with Gasteiger partial charge in [0, 0.05) is 25.2 Å². The zero-order valence-electron chi connectivity index (χ0n) is 14.5. The maximum Gasteiger partial charge on any atom is 0.257 e. The topological polar surface area (TPSA) is 67.6 Å². The van der Waals surface area contributed by atoms with Gasteiger partial charge in [-0.05, 0) is 25.7 Å². The summed E-state index contributed by atoms with van der Waals surface area (Å²) < 4.78 is 11.1. The van der Waals surface area contributed by atoms with Gasteiger partial charge in [-0.2, -0.15) is 0 Å². The van der Waals surface area contributed by atoms with Crippen LogP contribution in [0.5, 0.6) is 0 Å². The van der Waals surface area contributed by atoms with Crippen LogP contribution in [0.2, 0.25) is 0 Å². The third kappa shape index (κ3) is 3.28. The molecule has 6 nitrogen and oxygen atoms in total. The smallest absolute Gasteiger partial charge is 0.257 e. The molecule has 0 saturated carbocycles. The minimum Gasteiger partial charge on any atom is -0.375 e. The molecular formula is C17H27N3O3. The highest BCUT2D eigenvalue weighted by molar-refractivity contribution is 5.96. The molecule has 1 aromatic rings. The standard InChI is InChI=1S/C17H27N3O3/c1-5-14-16(11(4)23-19-14)17(21)18-12-6-13-9-22-15(10(2)3)8-20(13)7-12/h10,12-13,15H,5-9H2,1-4H3,(H,18,21)/t12-,13-,15-/m0/s1. The van der Waals surface area contributed by atoms with Crippen LogP contribution in [0, 0.1) is 12.8 Å². The van der Waals surface area contributed by atoms with Crippen molar-refractivity contribution in [1.82, 2.24) is 15.4 Å². The van der Waals surface area contributed by atoms with Crippen LogP contribution in [0.3, 0.4) is 0 Å². The van der Waals surface area contributed by atoms with Gasteiger partial charge in [0.15, 0.2) is 0 Å². The summed E-state index contributed by atoms with van der Waals surface area (Å²) in [5, 5.41) is 7.13. The summed E-state index contributed by atoms with van der Waals surface area (Å²) >= 11 is 0. The number of nitrogens with one attached hydrogen (secondary N) is 1. The summed E-state index contributed by atoms with van der Waals surface area (Å²) in [5.41, 5.74) is 1.34. The van der Waals surface area contributed by atoms with E-state index in [4.69, 9.17) is 9.26 Å². The van der Waals surface area contributed by atoms with Gasteiger partial charge in [0.2, 0.25) is 0 Å². The van der Waals surface area contributed by atoms with E-state index in [-0.39, 0.29) is 11.9 Å². The average Bonchev–Trinajstić information content (AvgIpc) is 3.08. The first kappa shape index (κ1) is 16.5. The SMILES string of the molecule is CCc1noc(C)c1C(=O)N[C@H]1C[C@H]2CO[C@H](C(C)C)CN2C1. The molecule has 6 heteroatoms. The Morgan fingerprint density at radius 3 is 2.91 bits per heavy atom. The van der Waals surface area contributed by atoms with E-state index in [1.165, 1.54) is 0 Å². The van der Waals surface area contributed by atoms with E-state index in [2.05, 4.69) is 29.2 Å². The van der Waals surface area contributed by atoms with E-state index in [0.717, 1.165) is 31.8 Å². The molecule has 0 aromatic carbocycles. The predicted molar refractivity (Wildman–Crippen MR) is 86.4 cm³/mol. The molecule has 0 unspecified atom stereocenters. The Balaban J connectivity index is 1.62. The van der Waals surface area contributed by atoms with Crippen molar-refractivity contribution in [2.75, 3.05) is 19.7 Å². The fourth-order valence-corrected chi connectivity index (χ4v) is 3.62. The Hall–Kier alpha value is -1.40. The van der Waals surface area contributed by atoms with E-state index in [1.807, 2.05) is 6.92 Å². The van der Waals surface area contributed by atoms with Crippen molar-refractivity contribution in [2.45, 2.75) is 58.7 Å². The second kappa shape index (κ2) is 6.61. The molecule has 0 bridgehead atoms. The molecule has 0 aliphatic carbocycles. The van der Waals surface area contributed by atoms with E-state index >= 15 is 0 Å². The number of aromatic nitrogens is 1. The molecule has 1 N–H and O–H groups in total. The Morgan fingerprint density at radius 1 is 1.43 bits per heavy atom. The lowest BCUT2D eigenvalue weighted by molar-refractivity contribution is -0.0683. The molecule has 3 rings (SSSR count). The van der Waals surface area contributed by atoms with Crippen molar-refractivity contribution in [2.24, 2.45) is 5.92 Å². The molecule has 3 atom stereocenters. The number of carbonyl (C=O) groups excluding carboxylic acids is 1. The van der Waals surface area contributed by atoms with E-state index in [9.17, 15) is 4.79 Å². The third-order valence-corrected chi connectivity index (χ3v) is 5.02. The molecule has 2 fully saturated rings. The summed E-state index contributed by atoms with van der Waals surface area (Å²) in [7, 11) is 0. The second-order valence-electron chi connectivity index (χ2n) is 7.04. The summed E-state index contributed by atoms with van der Waals surface area (Å²) in [6, 6.07) is 0.588. The van der Waals surface area contributed by atoms with Gasteiger partial charge in [0.1, 0.15) is 11.3 Å². The van der Waals surface area contributed by atoms with E-state index in [1.54, 1.807) is 6.92 Å². The average molecular weight is 321 g/mol. The van der Waals surface area contributed by atoms with E-state index in [0.29, 0.717) is 35.8 Å². The highest BCUT2D eigenvalue weighted by Gasteiger charge is 2.39. The normalized spacial score (nSPS) is 28.1. The number of aryl methyl sites for hydroxylation is 2. The van der Waals surface area contributed by atoms with Gasteiger partial charge in [-0.25, -0.2) is 0 Å². The Bertz CT molecular complexity index is 569. The number of hydrogen-bond donors (Lipinski definition) is 1. The fraction of sp³-hybridized carbons (Fsp3) is 0.765. The molecule has 2 saturated heterocycles. The molecule has 0 spiro atoms. The monoisotopic (exact) mass is 321 g/mol. The van der Waals surface area contributed by atoms with Crippen molar-refractivity contribution in [3.8, 4) is 0 Å². The summed E-state index contributed by atoms with van der Waals surface area (Å²) in [6.45, 7) is 10.8. The number of hydrogen-bond acceptors (Lipinski definition) is 5. The van der Waals surface area contributed by atoms with Gasteiger partial charge in [-0.3, -0.25) is 9.69 Å². The Labute approximate surface area is 137 Å². The van der Waals surface area contributed by atoms with Gasteiger partial charge in [0.05, 0.1) is 18.4 Å². The molecular weight excluding hydrogens is 294 g/mol. The van der Waals surface area contributed by atoms with Gasteiger partial charge in [-0.1, -0.05) is 25.9 Å². The number of rotatable bonds is 4. The third-order valence-electron chi connectivity index (χ3n) is 5.02. The first-order valence-corrected chi connectivity index (χ1v) is 8.61. The minimum absolute atomic E-state index is 0.0632. The largest absolute Gasteiger partial charge is 0.375 e. The van der Waals surface area contributed by atoms with Crippen molar-refractivity contribution < 1.29 is 14.1 Å². The molecule has 0 radical (unpaired) electrons. The molecule has 1 aromatic heterocycles. The molecule has 1 amide bonds. The molecule has 128 valence electrons. The van der Waals surface area contributed by atoms with Crippen molar-refractivity contribution >= 4 is 5.91 Å². The van der Waals surface area contributed by atoms with Crippen LogP contribution in [0.4, 0.5) is 0 Å². The Morgan fingerprint density at radius 2 is 2.22 bits per heavy atom. The van der Waals surface area contributed by atoms with Crippen molar-refractivity contribution in [3.05, 3.63) is 17.0 Å². The molecule has 2 aliphatic heterocycles. The van der Waals surface area contributed by atoms with Gasteiger partial charge >= 0.3 is 0 Å². The number of carbonyl (C=O) groups is 1. The van der Waals surface area contributed by atoms with Gasteiger partial charge < -0.3 is 14.6 Å². The molecule has 2 aliphatic rings. The Kier molecular flexibility index (Phi) is 4.73. The number of nitrogens with zero attached hydrogens (tertiary/aromatic N) is 2. The van der Waals surface area contributed by atoms with Crippen LogP contribution in [-0.2, 0) is 11.2 Å². The highest BCUT2D eigenvalue weighted by Crippen LogP contribution is 2.26. The van der Waals surface area contributed by atoms with Crippen LogP contribution in [-0.4, -0.2) is 53.8 Å². The first-order chi connectivity index (χ1) is 11.0. The number of fused-ring (bicyclic) bond motifs is 1. The summed E-state index contributed by atoms with van der Waals surface area (Å²) in [4.78, 5) is 15.0. The summed E-state index contributed by atoms with van der Waals surface area (Å²) in [5.74, 6) is 1.06. The lowest BCUT2D eigenvalue weighted by Crippen LogP contribution is -2.48. The van der Waals surface area contributed by atoms with Crippen LogP contribution in [0.15, 0.2) is 4.52 Å². The van der Waals surface area contributed by atoms with Crippen molar-refractivity contribution in [1.29, 1.82) is 0 Å². The minimum atomic E-state index is -0.0632. The molecule has 23 heavy (non-hydrogen) atoms. The van der Waals surface area contributed by atoms with Crippen LogP contribution >= 0.6 is 0 Å². The zero-order valence-corrected chi connectivity index (χ0v) is 14.5. The first-order valence-electron chi connectivity index (χ1n) is 8.61. The lowest BCUT2D eigenvalue weighted by Gasteiger charge is -2.36. The highest BCUT2D eigenvalue weighted by atomic mass is 16.5. The second-order valence-corrected chi connectivity index (χ2v) is 7.04. The van der Waals surface area contributed by atoms with E-state index < -0.39 is 0 Å². The maximum atomic E-state index is 12.6. The van der Waals surface area contributed by atoms with Crippen LogP contribution in [0.1, 0.15) is 49.0 Å². The zero-order chi connectivity index (χ0) is 16.6. The van der Waals surface area contributed by atoms with Crippen molar-refractivity contribution in [3.63, 3.8) is 0 Å². The van der Waals surface area contributed by atoms with Crippen LogP contribution < -0.4 is 5.32 Å². The maximum absolute atomic E-state index is 12.6. The number of morpholine rings is 1. The quantitative estimate of drug-likeness (QED) is 0.915. The fourth-order valence-electron chi connectivity index (χ4n) is 3.62. The number of amides is 1. The number of ether oxygens (including phenoxy) is 1. The van der Waals surface area contributed by atoms with Crippen LogP contribution in [0.25, 0.3) is 0 Å². The molecule has 3 heterocycles. The summed E-state index contributed by atoms with van der Waals surface area (Å²) in [6.07, 6.45) is 1.94. The van der Waals surface area contributed by atoms with Gasteiger partial charge in [0.25, 0.3) is 5.91 Å². The van der Waals surface area contributed by atoms with Gasteiger partial charge in [-0.15, -0.1) is 0 Å².